The van der Waals surface area contributed by atoms with Gasteiger partial charge in [-0.15, -0.1) is 0 Å². The van der Waals surface area contributed by atoms with Crippen LogP contribution in [0, 0.1) is 11.3 Å². The van der Waals surface area contributed by atoms with E-state index in [1.165, 1.54) is 6.07 Å². The molecule has 3 rings (SSSR count). The summed E-state index contributed by atoms with van der Waals surface area (Å²) in [5.74, 6) is -0.0391. The fraction of sp³-hybridized carbons (Fsp3) is 0.682. The summed E-state index contributed by atoms with van der Waals surface area (Å²) in [6.45, 7) is 2.10. The van der Waals surface area contributed by atoms with E-state index in [9.17, 15) is 26.4 Å². The average Bonchev–Trinajstić information content (AvgIpc) is 3.49. The maximum absolute atomic E-state index is 13.4. The second-order valence-electron chi connectivity index (χ2n) is 9.08. The predicted molar refractivity (Wildman–Crippen MR) is 115 cm³/mol. The quantitative estimate of drug-likeness (QED) is 0.524. The molecule has 0 spiro atoms. The number of halogens is 4. The fourth-order valence-corrected chi connectivity index (χ4v) is 6.74. The van der Waals surface area contributed by atoms with E-state index in [1.54, 1.807) is 0 Å². The van der Waals surface area contributed by atoms with Gasteiger partial charge in [0.25, 0.3) is 5.91 Å². The molecule has 0 saturated heterocycles. The Labute approximate surface area is 186 Å². The molecule has 0 atom stereocenters. The van der Waals surface area contributed by atoms with E-state index >= 15 is 0 Å². The summed E-state index contributed by atoms with van der Waals surface area (Å²) in [6.07, 6.45) is 1.40. The van der Waals surface area contributed by atoms with Crippen LogP contribution in [0.4, 0.5) is 13.2 Å². The second kappa shape index (κ2) is 9.30. The van der Waals surface area contributed by atoms with Gasteiger partial charge in [0.05, 0.1) is 22.1 Å². The first-order chi connectivity index (χ1) is 14.5. The predicted octanol–water partition coefficient (Wildman–Crippen LogP) is 5.64. The Balaban J connectivity index is 1.71. The summed E-state index contributed by atoms with van der Waals surface area (Å²) in [5.41, 5.74) is -1.76. The van der Waals surface area contributed by atoms with E-state index in [4.69, 9.17) is 11.6 Å². The van der Waals surface area contributed by atoms with Gasteiger partial charge in [0, 0.05) is 11.6 Å². The normalized spacial score (nSPS) is 24.7. The summed E-state index contributed by atoms with van der Waals surface area (Å²) in [7, 11) is -3.12. The van der Waals surface area contributed by atoms with Crippen LogP contribution in [0.2, 0.25) is 5.02 Å². The van der Waals surface area contributed by atoms with Gasteiger partial charge in [-0.05, 0) is 68.1 Å². The monoisotopic (exact) mass is 479 g/mol. The highest BCUT2D eigenvalue weighted by molar-refractivity contribution is 7.92. The maximum Gasteiger partial charge on any atom is 0.417 e. The van der Waals surface area contributed by atoms with Crippen LogP contribution in [0.5, 0.6) is 0 Å². The average molecular weight is 480 g/mol. The lowest BCUT2D eigenvalue weighted by Crippen LogP contribution is -2.43. The molecule has 0 aromatic heterocycles. The Morgan fingerprint density at radius 3 is 2.39 bits per heavy atom. The fourth-order valence-electron chi connectivity index (χ4n) is 4.71. The van der Waals surface area contributed by atoms with Crippen molar-refractivity contribution in [1.29, 1.82) is 0 Å². The van der Waals surface area contributed by atoms with Crippen molar-refractivity contribution in [3.05, 3.63) is 34.3 Å². The maximum atomic E-state index is 13.4. The topological polar surface area (TPSA) is 63.2 Å². The molecule has 2 aliphatic carbocycles. The molecule has 31 heavy (non-hydrogen) atoms. The van der Waals surface area contributed by atoms with Crippen LogP contribution >= 0.6 is 11.6 Å². The van der Waals surface area contributed by atoms with E-state index in [0.717, 1.165) is 31.4 Å². The van der Waals surface area contributed by atoms with Crippen molar-refractivity contribution in [1.82, 2.24) is 5.32 Å². The summed E-state index contributed by atoms with van der Waals surface area (Å²) >= 11 is 5.70. The van der Waals surface area contributed by atoms with Crippen LogP contribution in [0.25, 0.3) is 0 Å². The first-order valence-corrected chi connectivity index (χ1v) is 12.9. The molecule has 0 heterocycles. The van der Waals surface area contributed by atoms with Gasteiger partial charge in [-0.25, -0.2) is 8.42 Å². The molecule has 1 aromatic rings. The van der Waals surface area contributed by atoms with Crippen LogP contribution in [0.1, 0.15) is 74.2 Å². The number of carbonyl (C=O) groups excluding carboxylic acids is 1. The van der Waals surface area contributed by atoms with Crippen LogP contribution in [-0.2, 0) is 16.0 Å². The second-order valence-corrected chi connectivity index (χ2v) is 11.9. The number of rotatable bonds is 8. The number of benzene rings is 1. The summed E-state index contributed by atoms with van der Waals surface area (Å²) in [4.78, 5) is 12.7. The molecule has 9 heteroatoms. The molecular formula is C22H29ClF3NO3S. The molecule has 4 nitrogen and oxygen atoms in total. The molecule has 2 fully saturated rings. The zero-order valence-corrected chi connectivity index (χ0v) is 19.2. The molecule has 0 bridgehead atoms. The largest absolute Gasteiger partial charge is 0.417 e. The summed E-state index contributed by atoms with van der Waals surface area (Å²) in [6, 6.07) is 3.14. The molecule has 1 N–H and O–H groups in total. The lowest BCUT2D eigenvalue weighted by atomic mass is 9.70. The number of carbonyl (C=O) groups is 1. The highest BCUT2D eigenvalue weighted by atomic mass is 35.5. The van der Waals surface area contributed by atoms with Gasteiger partial charge in [0.2, 0.25) is 0 Å². The van der Waals surface area contributed by atoms with Crippen LogP contribution in [0.3, 0.4) is 0 Å². The zero-order valence-electron chi connectivity index (χ0n) is 17.6. The lowest BCUT2D eigenvalue weighted by molar-refractivity contribution is -0.137. The number of nitrogens with one attached hydrogen (secondary N) is 1. The van der Waals surface area contributed by atoms with E-state index in [-0.39, 0.29) is 28.0 Å². The highest BCUT2D eigenvalue weighted by Gasteiger charge is 2.43. The molecule has 1 aromatic carbocycles. The van der Waals surface area contributed by atoms with Crippen molar-refractivity contribution < 1.29 is 26.4 Å². The number of hydrogen-bond donors (Lipinski definition) is 1. The lowest BCUT2D eigenvalue weighted by Gasteiger charge is -2.40. The van der Waals surface area contributed by atoms with Gasteiger partial charge in [-0.1, -0.05) is 31.4 Å². The summed E-state index contributed by atoms with van der Waals surface area (Å²) < 4.78 is 65.0. The molecule has 2 aliphatic rings. The molecule has 0 aliphatic heterocycles. The minimum atomic E-state index is -4.69. The summed E-state index contributed by atoms with van der Waals surface area (Å²) in [5, 5.41) is 2.28. The molecular weight excluding hydrogens is 451 g/mol. The van der Waals surface area contributed by atoms with E-state index in [1.807, 2.05) is 6.92 Å². The standard InChI is InChI=1S/C22H29ClF3NO3S/c1-2-11-31(29,30)17-7-9-21(10-8-17,13-15-3-4-15)14-27-20(28)18-6-5-16(23)12-19(18)22(24,25)26/h5-6,12,15,17H,2-4,7-11,13-14H2,1H3,(H,27,28). The van der Waals surface area contributed by atoms with E-state index in [2.05, 4.69) is 5.32 Å². The van der Waals surface area contributed by atoms with Crippen molar-refractivity contribution in [2.24, 2.45) is 11.3 Å². The first-order valence-electron chi connectivity index (χ1n) is 10.8. The number of hydrogen-bond acceptors (Lipinski definition) is 3. The third-order valence-corrected chi connectivity index (χ3v) is 9.26. The van der Waals surface area contributed by atoms with Crippen LogP contribution in [-0.4, -0.2) is 31.9 Å². The Bertz CT molecular complexity index is 905. The molecule has 1 amide bonds. The van der Waals surface area contributed by atoms with Gasteiger partial charge >= 0.3 is 6.18 Å². The molecule has 0 unspecified atom stereocenters. The zero-order chi connectivity index (χ0) is 22.9. The third kappa shape index (κ3) is 6.15. The Kier molecular flexibility index (Phi) is 7.31. The first kappa shape index (κ1) is 24.4. The minimum absolute atomic E-state index is 0.0827. The van der Waals surface area contributed by atoms with Gasteiger partial charge in [0.1, 0.15) is 0 Å². The van der Waals surface area contributed by atoms with Gasteiger partial charge in [0.15, 0.2) is 9.84 Å². The SMILES string of the molecule is CCCS(=O)(=O)C1CCC(CNC(=O)c2ccc(Cl)cc2C(F)(F)F)(CC2CC2)CC1. The molecule has 2 saturated carbocycles. The van der Waals surface area contributed by atoms with Gasteiger partial charge in [-0.3, -0.25) is 4.79 Å². The number of sulfone groups is 1. The van der Waals surface area contributed by atoms with Crippen LogP contribution < -0.4 is 5.32 Å². The van der Waals surface area contributed by atoms with E-state index in [0.29, 0.717) is 38.0 Å². The Morgan fingerprint density at radius 2 is 1.84 bits per heavy atom. The van der Waals surface area contributed by atoms with Crippen molar-refractivity contribution in [2.75, 3.05) is 12.3 Å². The van der Waals surface area contributed by atoms with E-state index < -0.39 is 33.0 Å². The van der Waals surface area contributed by atoms with Crippen molar-refractivity contribution >= 4 is 27.3 Å². The Hall–Kier alpha value is -1.28. The molecule has 0 radical (unpaired) electrons. The third-order valence-electron chi connectivity index (χ3n) is 6.56. The van der Waals surface area contributed by atoms with Crippen molar-refractivity contribution in [3.63, 3.8) is 0 Å². The Morgan fingerprint density at radius 1 is 1.19 bits per heavy atom. The number of alkyl halides is 3. The van der Waals surface area contributed by atoms with Gasteiger partial charge < -0.3 is 5.32 Å². The minimum Gasteiger partial charge on any atom is -0.351 e. The van der Waals surface area contributed by atoms with Crippen LogP contribution in [0.15, 0.2) is 18.2 Å². The van der Waals surface area contributed by atoms with Crippen molar-refractivity contribution in [2.45, 2.75) is 69.7 Å². The molecule has 174 valence electrons. The smallest absolute Gasteiger partial charge is 0.351 e. The van der Waals surface area contributed by atoms with Crippen molar-refractivity contribution in [3.8, 4) is 0 Å². The highest BCUT2D eigenvalue weighted by Crippen LogP contribution is 2.48. The number of amides is 1. The van der Waals surface area contributed by atoms with Gasteiger partial charge in [-0.2, -0.15) is 13.2 Å².